The highest BCUT2D eigenvalue weighted by molar-refractivity contribution is 5.79. The fourth-order valence-corrected chi connectivity index (χ4v) is 4.12. The van der Waals surface area contributed by atoms with Crippen molar-refractivity contribution in [2.45, 2.75) is 51.4 Å². The van der Waals surface area contributed by atoms with Crippen LogP contribution >= 0.6 is 0 Å². The molecule has 2 saturated heterocycles. The molecule has 0 aromatic heterocycles. The minimum atomic E-state index is 0.311. The highest BCUT2D eigenvalue weighted by Gasteiger charge is 2.29. The number of allylic oxidation sites excluding steroid dienone is 2. The van der Waals surface area contributed by atoms with Gasteiger partial charge in [-0.2, -0.15) is 0 Å². The lowest BCUT2D eigenvalue weighted by atomic mass is 9.91. The summed E-state index contributed by atoms with van der Waals surface area (Å²) < 4.78 is 0. The molecule has 0 spiro atoms. The van der Waals surface area contributed by atoms with Gasteiger partial charge < -0.3 is 9.80 Å². The molecule has 0 unspecified atom stereocenters. The summed E-state index contributed by atoms with van der Waals surface area (Å²) in [5.41, 5.74) is 0. The van der Waals surface area contributed by atoms with E-state index >= 15 is 0 Å². The van der Waals surface area contributed by atoms with E-state index in [1.54, 1.807) is 0 Å². The topological polar surface area (TPSA) is 23.6 Å². The Morgan fingerprint density at radius 2 is 1.71 bits per heavy atom. The number of hydrogen-bond donors (Lipinski definition) is 0. The third kappa shape index (κ3) is 4.09. The van der Waals surface area contributed by atoms with E-state index in [1.165, 1.54) is 45.1 Å². The van der Waals surface area contributed by atoms with Gasteiger partial charge in [0.25, 0.3) is 0 Å². The van der Waals surface area contributed by atoms with Gasteiger partial charge in [0.2, 0.25) is 5.91 Å². The van der Waals surface area contributed by atoms with Gasteiger partial charge in [-0.05, 0) is 70.4 Å². The van der Waals surface area contributed by atoms with Crippen molar-refractivity contribution in [1.82, 2.24) is 9.80 Å². The third-order valence-corrected chi connectivity index (χ3v) is 5.50. The lowest BCUT2D eigenvalue weighted by Gasteiger charge is -2.37. The maximum absolute atomic E-state index is 12.5. The van der Waals surface area contributed by atoms with Crippen molar-refractivity contribution in [3.05, 3.63) is 12.2 Å². The van der Waals surface area contributed by atoms with E-state index in [2.05, 4.69) is 22.0 Å². The van der Waals surface area contributed by atoms with Gasteiger partial charge >= 0.3 is 0 Å². The second-order valence-electron chi connectivity index (χ2n) is 7.11. The van der Waals surface area contributed by atoms with E-state index in [-0.39, 0.29) is 0 Å². The van der Waals surface area contributed by atoms with Crippen molar-refractivity contribution in [3.63, 3.8) is 0 Å². The molecule has 2 aliphatic heterocycles. The summed E-state index contributed by atoms with van der Waals surface area (Å²) in [6.45, 7) is 5.52. The number of likely N-dealkylation sites (tertiary alicyclic amines) is 2. The Kier molecular flexibility index (Phi) is 5.34. The zero-order valence-corrected chi connectivity index (χ0v) is 13.3. The fourth-order valence-electron chi connectivity index (χ4n) is 4.12. The number of rotatable bonds is 3. The molecule has 1 aliphatic carbocycles. The minimum Gasteiger partial charge on any atom is -0.342 e. The van der Waals surface area contributed by atoms with Gasteiger partial charge in [-0.1, -0.05) is 12.2 Å². The summed E-state index contributed by atoms with van der Waals surface area (Å²) in [7, 11) is 0. The molecule has 2 heterocycles. The zero-order chi connectivity index (χ0) is 14.5. The predicted octanol–water partition coefficient (Wildman–Crippen LogP) is 3.07. The maximum atomic E-state index is 12.5. The van der Waals surface area contributed by atoms with Crippen LogP contribution in [0.1, 0.15) is 51.4 Å². The monoisotopic (exact) mass is 290 g/mol. The molecular formula is C18H30N2O. The van der Waals surface area contributed by atoms with Crippen LogP contribution in [-0.4, -0.2) is 48.4 Å². The van der Waals surface area contributed by atoms with Gasteiger partial charge in [-0.25, -0.2) is 0 Å². The Morgan fingerprint density at radius 1 is 0.952 bits per heavy atom. The number of nitrogens with zero attached hydrogens (tertiary/aromatic N) is 2. The van der Waals surface area contributed by atoms with Gasteiger partial charge in [0, 0.05) is 25.6 Å². The van der Waals surface area contributed by atoms with Crippen molar-refractivity contribution in [2.75, 3.05) is 32.7 Å². The number of carbonyl (C=O) groups excluding carboxylic acids is 1. The largest absolute Gasteiger partial charge is 0.342 e. The fraction of sp³-hybridized carbons (Fsp3) is 0.833. The van der Waals surface area contributed by atoms with Crippen LogP contribution in [0.3, 0.4) is 0 Å². The molecule has 118 valence electrons. The van der Waals surface area contributed by atoms with E-state index in [0.717, 1.165) is 44.9 Å². The first kappa shape index (κ1) is 15.1. The van der Waals surface area contributed by atoms with Crippen LogP contribution in [0.5, 0.6) is 0 Å². The highest BCUT2D eigenvalue weighted by Crippen LogP contribution is 2.25. The molecule has 0 aromatic rings. The first-order valence-electron chi connectivity index (χ1n) is 8.99. The van der Waals surface area contributed by atoms with Crippen LogP contribution < -0.4 is 0 Å². The summed E-state index contributed by atoms with van der Waals surface area (Å²) in [6.07, 6.45) is 14.4. The van der Waals surface area contributed by atoms with Gasteiger partial charge in [0.15, 0.2) is 0 Å². The van der Waals surface area contributed by atoms with Crippen LogP contribution in [0, 0.1) is 11.8 Å². The first-order chi connectivity index (χ1) is 10.3. The van der Waals surface area contributed by atoms with Crippen molar-refractivity contribution < 1.29 is 4.79 Å². The van der Waals surface area contributed by atoms with Crippen LogP contribution in [0.2, 0.25) is 0 Å². The number of piperidine rings is 2. The van der Waals surface area contributed by atoms with Gasteiger partial charge in [-0.3, -0.25) is 4.79 Å². The summed E-state index contributed by atoms with van der Waals surface area (Å²) in [5.74, 6) is 1.62. The Balaban J connectivity index is 1.41. The molecule has 1 atom stereocenters. The second kappa shape index (κ2) is 7.44. The van der Waals surface area contributed by atoms with Crippen molar-refractivity contribution in [2.24, 2.45) is 11.8 Å². The molecule has 3 aliphatic rings. The smallest absolute Gasteiger partial charge is 0.225 e. The molecule has 21 heavy (non-hydrogen) atoms. The Bertz CT molecular complexity index is 365. The molecular weight excluding hydrogens is 260 g/mol. The van der Waals surface area contributed by atoms with E-state index < -0.39 is 0 Å². The molecule has 0 N–H and O–H groups in total. The van der Waals surface area contributed by atoms with Crippen molar-refractivity contribution in [3.8, 4) is 0 Å². The lowest BCUT2D eigenvalue weighted by molar-refractivity contribution is -0.138. The van der Waals surface area contributed by atoms with Gasteiger partial charge in [-0.15, -0.1) is 0 Å². The van der Waals surface area contributed by atoms with Gasteiger partial charge in [0.1, 0.15) is 0 Å². The first-order valence-corrected chi connectivity index (χ1v) is 8.99. The summed E-state index contributed by atoms with van der Waals surface area (Å²) in [6, 6.07) is 0. The Morgan fingerprint density at radius 3 is 2.38 bits per heavy atom. The van der Waals surface area contributed by atoms with Crippen LogP contribution in [-0.2, 0) is 4.79 Å². The second-order valence-corrected chi connectivity index (χ2v) is 7.11. The molecule has 2 fully saturated rings. The number of hydrogen-bond acceptors (Lipinski definition) is 2. The third-order valence-electron chi connectivity index (χ3n) is 5.50. The maximum Gasteiger partial charge on any atom is 0.225 e. The molecule has 1 amide bonds. The molecule has 0 bridgehead atoms. The Labute approximate surface area is 129 Å². The highest BCUT2D eigenvalue weighted by atomic mass is 16.2. The SMILES string of the molecule is O=C(C1CCN(C[C@@H]2CC=CCC2)CC1)N1CCCCC1. The quantitative estimate of drug-likeness (QED) is 0.746. The van der Waals surface area contributed by atoms with Crippen molar-refractivity contribution >= 4 is 5.91 Å². The van der Waals surface area contributed by atoms with Gasteiger partial charge in [0.05, 0.1) is 0 Å². The van der Waals surface area contributed by atoms with Crippen LogP contribution in [0.25, 0.3) is 0 Å². The zero-order valence-electron chi connectivity index (χ0n) is 13.3. The molecule has 0 radical (unpaired) electrons. The summed E-state index contributed by atoms with van der Waals surface area (Å²) >= 11 is 0. The number of amides is 1. The van der Waals surface area contributed by atoms with E-state index in [1.807, 2.05) is 0 Å². The standard InChI is InChI=1S/C18H30N2O/c21-18(20-11-5-2-6-12-20)17-9-13-19(14-10-17)15-16-7-3-1-4-8-16/h1,3,16-17H,2,4-15H2/t16-/m1/s1. The molecule has 0 aromatic carbocycles. The van der Waals surface area contributed by atoms with E-state index in [4.69, 9.17) is 0 Å². The Hall–Kier alpha value is -0.830. The average molecular weight is 290 g/mol. The normalized spacial score (nSPS) is 28.8. The molecule has 3 nitrogen and oxygen atoms in total. The van der Waals surface area contributed by atoms with E-state index in [0.29, 0.717) is 11.8 Å². The van der Waals surface area contributed by atoms with Crippen molar-refractivity contribution in [1.29, 1.82) is 0 Å². The molecule has 3 heteroatoms. The lowest BCUT2D eigenvalue weighted by Crippen LogP contribution is -2.45. The number of carbonyl (C=O) groups is 1. The van der Waals surface area contributed by atoms with E-state index in [9.17, 15) is 4.79 Å². The van der Waals surface area contributed by atoms with Crippen LogP contribution in [0.4, 0.5) is 0 Å². The molecule has 0 saturated carbocycles. The summed E-state index contributed by atoms with van der Waals surface area (Å²) in [4.78, 5) is 17.3. The van der Waals surface area contributed by atoms with Crippen LogP contribution in [0.15, 0.2) is 12.2 Å². The minimum absolute atomic E-state index is 0.311. The summed E-state index contributed by atoms with van der Waals surface area (Å²) in [5, 5.41) is 0. The average Bonchev–Trinajstić information content (AvgIpc) is 2.57. The molecule has 3 rings (SSSR count). The predicted molar refractivity (Wildman–Crippen MR) is 86.1 cm³/mol.